The fourth-order valence-electron chi connectivity index (χ4n) is 1.67. The normalized spacial score (nSPS) is 11.7. The Kier molecular flexibility index (Phi) is 4.25. The summed E-state index contributed by atoms with van der Waals surface area (Å²) in [6, 6.07) is 1.81. The maximum atomic E-state index is 11.9. The van der Waals surface area contributed by atoms with E-state index in [1.54, 1.807) is 6.20 Å². The lowest BCUT2D eigenvalue weighted by molar-refractivity contribution is -0.153. The number of fused-ring (bicyclic) bond motifs is 1. The second-order valence-electron chi connectivity index (χ2n) is 5.25. The second-order valence-corrected chi connectivity index (χ2v) is 6.52. The van der Waals surface area contributed by atoms with Crippen LogP contribution in [0.1, 0.15) is 26.5 Å². The highest BCUT2D eigenvalue weighted by molar-refractivity contribution is 9.10. The summed E-state index contributed by atoms with van der Waals surface area (Å²) < 4.78 is 6.06. The van der Waals surface area contributed by atoms with Crippen molar-refractivity contribution in [2.24, 2.45) is 0 Å². The first kappa shape index (κ1) is 15.1. The van der Waals surface area contributed by atoms with Crippen LogP contribution in [-0.4, -0.2) is 26.8 Å². The molecule has 0 unspecified atom stereocenters. The molecule has 2 aromatic rings. The molecule has 0 amide bonds. The van der Waals surface area contributed by atoms with Crippen LogP contribution in [0.2, 0.25) is 5.15 Å². The number of carbonyl (C=O) groups is 1. The molecule has 0 radical (unpaired) electrons. The van der Waals surface area contributed by atoms with Crippen LogP contribution < -0.4 is 0 Å². The molecule has 0 aliphatic carbocycles. The predicted molar refractivity (Wildman–Crippen MR) is 79.6 cm³/mol. The van der Waals surface area contributed by atoms with E-state index in [1.165, 1.54) is 0 Å². The van der Waals surface area contributed by atoms with E-state index in [1.807, 2.05) is 26.8 Å². The van der Waals surface area contributed by atoms with Gasteiger partial charge in [-0.25, -0.2) is 0 Å². The third-order valence-electron chi connectivity index (χ3n) is 2.35. The van der Waals surface area contributed by atoms with Gasteiger partial charge in [0, 0.05) is 16.1 Å². The molecule has 106 valence electrons. The molecule has 0 aliphatic rings. The van der Waals surface area contributed by atoms with Crippen LogP contribution in [0.4, 0.5) is 0 Å². The predicted octanol–water partition coefficient (Wildman–Crippen LogP) is 3.32. The Morgan fingerprint density at radius 3 is 2.75 bits per heavy atom. The lowest BCUT2D eigenvalue weighted by Gasteiger charge is -2.19. The molecule has 2 aromatic heterocycles. The molecule has 2 rings (SSSR count). The Labute approximate surface area is 129 Å². The van der Waals surface area contributed by atoms with Crippen molar-refractivity contribution in [3.05, 3.63) is 27.6 Å². The van der Waals surface area contributed by atoms with E-state index >= 15 is 0 Å². The molecule has 2 heterocycles. The zero-order valence-electron chi connectivity index (χ0n) is 11.3. The highest BCUT2D eigenvalue weighted by Gasteiger charge is 2.19. The molecule has 0 saturated carbocycles. The molecular formula is C13H13BrClN3O2. The van der Waals surface area contributed by atoms with Gasteiger partial charge < -0.3 is 4.74 Å². The number of nitrogens with zero attached hydrogens (tertiary/aromatic N) is 3. The summed E-state index contributed by atoms with van der Waals surface area (Å²) in [6.45, 7) is 5.44. The Morgan fingerprint density at radius 2 is 2.10 bits per heavy atom. The highest BCUT2D eigenvalue weighted by Crippen LogP contribution is 2.24. The van der Waals surface area contributed by atoms with Crippen molar-refractivity contribution in [1.82, 2.24) is 15.2 Å². The van der Waals surface area contributed by atoms with Crippen LogP contribution in [0.5, 0.6) is 0 Å². The molecule has 0 aromatic carbocycles. The summed E-state index contributed by atoms with van der Waals surface area (Å²) in [6.07, 6.45) is 1.64. The van der Waals surface area contributed by atoms with Crippen LogP contribution in [0.25, 0.3) is 10.9 Å². The first-order chi connectivity index (χ1) is 9.26. The SMILES string of the molecule is CC(C)(C)OC(=O)Cc1nnc(Cl)c2ncc(Br)cc12. The maximum absolute atomic E-state index is 11.9. The van der Waals surface area contributed by atoms with Gasteiger partial charge in [-0.3, -0.25) is 9.78 Å². The average molecular weight is 359 g/mol. The molecular weight excluding hydrogens is 346 g/mol. The minimum absolute atomic E-state index is 0.0239. The summed E-state index contributed by atoms with van der Waals surface area (Å²) in [7, 11) is 0. The van der Waals surface area contributed by atoms with Gasteiger partial charge in [0.05, 0.1) is 12.1 Å². The minimum Gasteiger partial charge on any atom is -0.460 e. The van der Waals surface area contributed by atoms with Gasteiger partial charge in [-0.05, 0) is 42.8 Å². The van der Waals surface area contributed by atoms with Gasteiger partial charge in [-0.15, -0.1) is 5.10 Å². The van der Waals surface area contributed by atoms with Crippen molar-refractivity contribution in [3.63, 3.8) is 0 Å². The topological polar surface area (TPSA) is 65.0 Å². The fourth-order valence-corrected chi connectivity index (χ4v) is 2.19. The largest absolute Gasteiger partial charge is 0.460 e. The van der Waals surface area contributed by atoms with Crippen molar-refractivity contribution in [3.8, 4) is 0 Å². The van der Waals surface area contributed by atoms with Crippen LogP contribution in [0.3, 0.4) is 0 Å². The Balaban J connectivity index is 2.38. The van der Waals surface area contributed by atoms with Crippen molar-refractivity contribution in [1.29, 1.82) is 0 Å². The molecule has 0 saturated heterocycles. The number of hydrogen-bond acceptors (Lipinski definition) is 5. The van der Waals surface area contributed by atoms with Crippen molar-refractivity contribution in [2.45, 2.75) is 32.8 Å². The van der Waals surface area contributed by atoms with Crippen LogP contribution >= 0.6 is 27.5 Å². The van der Waals surface area contributed by atoms with Crippen LogP contribution in [-0.2, 0) is 16.0 Å². The van der Waals surface area contributed by atoms with E-state index in [9.17, 15) is 4.79 Å². The summed E-state index contributed by atoms with van der Waals surface area (Å²) in [5.41, 5.74) is 0.474. The highest BCUT2D eigenvalue weighted by atomic mass is 79.9. The van der Waals surface area contributed by atoms with E-state index in [4.69, 9.17) is 16.3 Å². The van der Waals surface area contributed by atoms with Gasteiger partial charge >= 0.3 is 5.97 Å². The van der Waals surface area contributed by atoms with Gasteiger partial charge in [0.15, 0.2) is 5.15 Å². The van der Waals surface area contributed by atoms with Gasteiger partial charge in [-0.2, -0.15) is 5.10 Å². The molecule has 0 bridgehead atoms. The number of carbonyl (C=O) groups excluding carboxylic acids is 1. The third kappa shape index (κ3) is 3.64. The zero-order valence-corrected chi connectivity index (χ0v) is 13.6. The number of ether oxygens (including phenoxy) is 1. The lowest BCUT2D eigenvalue weighted by atomic mass is 10.1. The van der Waals surface area contributed by atoms with Crippen molar-refractivity contribution >= 4 is 44.4 Å². The Bertz CT molecular complexity index is 670. The Hall–Kier alpha value is -1.27. The summed E-state index contributed by atoms with van der Waals surface area (Å²) >= 11 is 9.29. The third-order valence-corrected chi connectivity index (χ3v) is 3.04. The summed E-state index contributed by atoms with van der Waals surface area (Å²) in [4.78, 5) is 16.1. The van der Waals surface area contributed by atoms with Crippen molar-refractivity contribution < 1.29 is 9.53 Å². The second kappa shape index (κ2) is 5.61. The molecule has 5 nitrogen and oxygen atoms in total. The van der Waals surface area contributed by atoms with E-state index in [0.717, 1.165) is 4.47 Å². The number of pyridine rings is 1. The smallest absolute Gasteiger partial charge is 0.312 e. The molecule has 0 aliphatic heterocycles. The zero-order chi connectivity index (χ0) is 14.9. The minimum atomic E-state index is -0.536. The maximum Gasteiger partial charge on any atom is 0.312 e. The van der Waals surface area contributed by atoms with Gasteiger partial charge in [0.25, 0.3) is 0 Å². The molecule has 0 spiro atoms. The number of rotatable bonds is 2. The van der Waals surface area contributed by atoms with Gasteiger partial charge in [0.1, 0.15) is 11.1 Å². The molecule has 20 heavy (non-hydrogen) atoms. The van der Waals surface area contributed by atoms with Gasteiger partial charge in [0.2, 0.25) is 0 Å². The molecule has 0 fully saturated rings. The number of hydrogen-bond donors (Lipinski definition) is 0. The number of aromatic nitrogens is 3. The first-order valence-corrected chi connectivity index (χ1v) is 7.11. The quantitative estimate of drug-likeness (QED) is 0.771. The summed E-state index contributed by atoms with van der Waals surface area (Å²) in [5, 5.41) is 8.68. The monoisotopic (exact) mass is 357 g/mol. The molecule has 0 atom stereocenters. The van der Waals surface area contributed by atoms with Gasteiger partial charge in [-0.1, -0.05) is 11.6 Å². The van der Waals surface area contributed by atoms with Crippen molar-refractivity contribution in [2.75, 3.05) is 0 Å². The fraction of sp³-hybridized carbons (Fsp3) is 0.385. The summed E-state index contributed by atoms with van der Waals surface area (Å²) in [5.74, 6) is -0.365. The first-order valence-electron chi connectivity index (χ1n) is 5.94. The number of esters is 1. The molecule has 0 N–H and O–H groups in total. The Morgan fingerprint density at radius 1 is 1.40 bits per heavy atom. The molecule has 7 heteroatoms. The number of halogens is 2. The van der Waals surface area contributed by atoms with Crippen LogP contribution in [0, 0.1) is 0 Å². The van der Waals surface area contributed by atoms with E-state index in [2.05, 4.69) is 31.1 Å². The lowest BCUT2D eigenvalue weighted by Crippen LogP contribution is -2.25. The van der Waals surface area contributed by atoms with E-state index < -0.39 is 5.60 Å². The standard InChI is InChI=1S/C13H13BrClN3O2/c1-13(2,3)20-10(19)5-9-8-4-7(14)6-16-11(8)12(15)18-17-9/h4,6H,5H2,1-3H3. The average Bonchev–Trinajstić information content (AvgIpc) is 2.30. The van der Waals surface area contributed by atoms with E-state index in [0.29, 0.717) is 16.6 Å². The van der Waals surface area contributed by atoms with Crippen LogP contribution in [0.15, 0.2) is 16.7 Å². The van der Waals surface area contributed by atoms with E-state index in [-0.39, 0.29) is 17.5 Å².